The number of H-pyrrole nitrogens is 1. The van der Waals surface area contributed by atoms with E-state index in [-0.39, 0.29) is 29.4 Å². The monoisotopic (exact) mass is 554 g/mol. The van der Waals surface area contributed by atoms with Crippen molar-refractivity contribution >= 4 is 17.4 Å². The number of Topliss-reactive ketones (excluding diaryl/α,β-unsaturated/α-hetero) is 1. The molecule has 9 nitrogen and oxygen atoms in total. The van der Waals surface area contributed by atoms with Gasteiger partial charge in [-0.1, -0.05) is 30.3 Å². The number of carbonyl (C=O) groups excluding carboxylic acids is 2. The molecule has 0 saturated carbocycles. The molecule has 9 heteroatoms. The first-order valence-corrected chi connectivity index (χ1v) is 13.3. The molecular formula is C32H32N3O6+. The number of amides is 1. The Balaban J connectivity index is 1.45. The van der Waals surface area contributed by atoms with Gasteiger partial charge in [-0.2, -0.15) is 0 Å². The predicted octanol–water partition coefficient (Wildman–Crippen LogP) is 4.42. The third-order valence-electron chi connectivity index (χ3n) is 7.26. The second kappa shape index (κ2) is 12.0. The van der Waals surface area contributed by atoms with Crippen LogP contribution in [0.1, 0.15) is 34.7 Å². The molecule has 1 unspecified atom stereocenters. The number of nitrogens with one attached hydrogen (secondary N) is 1. The van der Waals surface area contributed by atoms with Crippen LogP contribution in [-0.4, -0.2) is 45.4 Å². The van der Waals surface area contributed by atoms with Gasteiger partial charge >= 0.3 is 0 Å². The second-order valence-corrected chi connectivity index (χ2v) is 9.87. The molecule has 2 heterocycles. The van der Waals surface area contributed by atoms with Gasteiger partial charge in [-0.05, 0) is 60.0 Å². The summed E-state index contributed by atoms with van der Waals surface area (Å²) in [6, 6.07) is 18.5. The van der Waals surface area contributed by atoms with Crippen LogP contribution < -0.4 is 14.0 Å². The summed E-state index contributed by atoms with van der Waals surface area (Å²) in [7, 11) is 1.42. The average Bonchev–Trinajstić information content (AvgIpc) is 3.59. The molecule has 1 saturated heterocycles. The molecule has 1 amide bonds. The van der Waals surface area contributed by atoms with Gasteiger partial charge in [0.25, 0.3) is 11.7 Å². The Hall–Kier alpha value is -5.05. The quantitative estimate of drug-likeness (QED) is 0.116. The minimum Gasteiger partial charge on any atom is -0.507 e. The summed E-state index contributed by atoms with van der Waals surface area (Å²) in [5, 5.41) is 21.6. The topological polar surface area (TPSA) is 116 Å². The van der Waals surface area contributed by atoms with Gasteiger partial charge in [-0.25, -0.2) is 4.57 Å². The van der Waals surface area contributed by atoms with Crippen LogP contribution in [0.4, 0.5) is 0 Å². The molecule has 1 aromatic heterocycles. The molecule has 1 aliphatic rings. The number of phenols is 1. The number of aromatic amines is 1. The SMILES string of the molecule is COc1cc(C2C(=C(O)c3ccc(OCc4ccccc4C)cc3)C(=O)C(=O)N2CCC[n+]2cc[nH]c2)ccc1O. The highest BCUT2D eigenvalue weighted by Gasteiger charge is 2.46. The number of rotatable bonds is 10. The molecule has 0 spiro atoms. The number of methoxy groups -OCH3 is 1. The molecule has 41 heavy (non-hydrogen) atoms. The normalized spacial score (nSPS) is 16.2. The van der Waals surface area contributed by atoms with Crippen LogP contribution in [-0.2, 0) is 22.7 Å². The summed E-state index contributed by atoms with van der Waals surface area (Å²) < 4.78 is 13.1. The molecule has 3 aromatic carbocycles. The highest BCUT2D eigenvalue weighted by molar-refractivity contribution is 6.46. The smallest absolute Gasteiger partial charge is 0.295 e. The summed E-state index contributed by atoms with van der Waals surface area (Å²) in [5.74, 6) is -1.01. The first-order valence-electron chi connectivity index (χ1n) is 13.3. The molecule has 3 N–H and O–H groups in total. The first-order chi connectivity index (χ1) is 19.9. The van der Waals surface area contributed by atoms with E-state index in [1.165, 1.54) is 18.1 Å². The summed E-state index contributed by atoms with van der Waals surface area (Å²) >= 11 is 0. The maximum atomic E-state index is 13.4. The Morgan fingerprint density at radius 3 is 2.56 bits per heavy atom. The number of carbonyl (C=O) groups is 2. The number of aromatic hydroxyl groups is 1. The molecule has 1 atom stereocenters. The van der Waals surface area contributed by atoms with Crippen molar-refractivity contribution in [2.75, 3.05) is 13.7 Å². The van der Waals surface area contributed by atoms with Crippen LogP contribution in [0.15, 0.2) is 91.0 Å². The molecule has 1 fully saturated rings. The Kier molecular flexibility index (Phi) is 8.05. The minimum absolute atomic E-state index is 0.0226. The number of aliphatic hydroxyl groups excluding tert-OH is 1. The molecule has 0 bridgehead atoms. The van der Waals surface area contributed by atoms with Crippen molar-refractivity contribution in [3.05, 3.63) is 113 Å². The number of phenolic OH excluding ortho intramolecular Hbond substituents is 1. The van der Waals surface area contributed by atoms with E-state index in [1.54, 1.807) is 42.6 Å². The number of hydrogen-bond donors (Lipinski definition) is 3. The maximum Gasteiger partial charge on any atom is 0.295 e. The number of aliphatic hydroxyl groups is 1. The molecular weight excluding hydrogens is 522 g/mol. The zero-order valence-electron chi connectivity index (χ0n) is 22.9. The minimum atomic E-state index is -0.863. The predicted molar refractivity (Wildman–Crippen MR) is 151 cm³/mol. The number of nitrogens with zero attached hydrogens (tertiary/aromatic N) is 2. The van der Waals surface area contributed by atoms with Crippen molar-refractivity contribution in [1.82, 2.24) is 9.88 Å². The van der Waals surface area contributed by atoms with Gasteiger partial charge < -0.3 is 24.6 Å². The van der Waals surface area contributed by atoms with E-state index in [2.05, 4.69) is 4.98 Å². The van der Waals surface area contributed by atoms with Crippen LogP contribution >= 0.6 is 0 Å². The molecule has 1 aliphatic heterocycles. The Bertz CT molecular complexity index is 1580. The fraction of sp³-hybridized carbons (Fsp3) is 0.219. The van der Waals surface area contributed by atoms with Gasteiger partial charge in [0, 0.05) is 18.5 Å². The maximum absolute atomic E-state index is 13.4. The van der Waals surface area contributed by atoms with E-state index in [1.807, 2.05) is 48.3 Å². The van der Waals surface area contributed by atoms with Gasteiger partial charge in [0.1, 0.15) is 30.5 Å². The van der Waals surface area contributed by atoms with E-state index >= 15 is 0 Å². The van der Waals surface area contributed by atoms with Crippen molar-refractivity contribution < 1.29 is 33.8 Å². The number of likely N-dealkylation sites (tertiary alicyclic amines) is 1. The number of ketones is 1. The third kappa shape index (κ3) is 5.79. The average molecular weight is 555 g/mol. The van der Waals surface area contributed by atoms with Crippen molar-refractivity contribution in [1.29, 1.82) is 0 Å². The third-order valence-corrected chi connectivity index (χ3v) is 7.26. The Labute approximate surface area is 237 Å². The van der Waals surface area contributed by atoms with Gasteiger partial charge in [-0.15, -0.1) is 0 Å². The van der Waals surface area contributed by atoms with E-state index in [0.29, 0.717) is 36.4 Å². The van der Waals surface area contributed by atoms with Crippen LogP contribution in [0.5, 0.6) is 17.2 Å². The molecule has 0 aliphatic carbocycles. The number of aromatic nitrogens is 2. The van der Waals surface area contributed by atoms with Gasteiger partial charge in [-0.3, -0.25) is 14.6 Å². The summed E-state index contributed by atoms with van der Waals surface area (Å²) in [6.45, 7) is 3.32. The highest BCUT2D eigenvalue weighted by atomic mass is 16.5. The lowest BCUT2D eigenvalue weighted by atomic mass is 9.95. The lowest BCUT2D eigenvalue weighted by Crippen LogP contribution is -2.36. The molecule has 4 aromatic rings. The zero-order chi connectivity index (χ0) is 28.9. The number of imidazole rings is 1. The summed E-state index contributed by atoms with van der Waals surface area (Å²) in [6.07, 6.45) is 6.07. The fourth-order valence-electron chi connectivity index (χ4n) is 5.00. The van der Waals surface area contributed by atoms with Gasteiger partial charge in [0.2, 0.25) is 6.33 Å². The standard InChI is InChI=1S/C32H31N3O6/c1-21-6-3-4-7-24(21)19-41-25-11-8-22(9-12-25)30(37)28-29(23-10-13-26(36)27(18-23)40-2)35(32(39)31(28)38)16-5-15-34-17-14-33-20-34/h3-4,6-14,17-18,20,29H,5,15-16,19H2,1-2H3,(H2,36,37,38)/p+1. The number of benzene rings is 3. The Morgan fingerprint density at radius 1 is 1.07 bits per heavy atom. The summed E-state index contributed by atoms with van der Waals surface area (Å²) in [4.78, 5) is 31.1. The van der Waals surface area contributed by atoms with Crippen LogP contribution in [0.2, 0.25) is 0 Å². The Morgan fingerprint density at radius 2 is 1.85 bits per heavy atom. The number of aryl methyl sites for hydroxylation is 2. The first kappa shape index (κ1) is 27.5. The lowest BCUT2D eigenvalue weighted by molar-refractivity contribution is -0.695. The largest absolute Gasteiger partial charge is 0.507 e. The number of hydrogen-bond acceptors (Lipinski definition) is 6. The fourth-order valence-corrected chi connectivity index (χ4v) is 5.00. The summed E-state index contributed by atoms with van der Waals surface area (Å²) in [5.41, 5.74) is 3.09. The van der Waals surface area contributed by atoms with Crippen molar-refractivity contribution in [3.8, 4) is 17.2 Å². The van der Waals surface area contributed by atoms with Crippen molar-refractivity contribution in [2.45, 2.75) is 32.5 Å². The molecule has 0 radical (unpaired) electrons. The van der Waals surface area contributed by atoms with E-state index in [0.717, 1.165) is 11.1 Å². The van der Waals surface area contributed by atoms with E-state index in [4.69, 9.17) is 9.47 Å². The van der Waals surface area contributed by atoms with Crippen LogP contribution in [0.3, 0.4) is 0 Å². The highest BCUT2D eigenvalue weighted by Crippen LogP contribution is 2.42. The van der Waals surface area contributed by atoms with Gasteiger partial charge in [0.15, 0.2) is 11.5 Å². The van der Waals surface area contributed by atoms with E-state index < -0.39 is 17.7 Å². The van der Waals surface area contributed by atoms with Gasteiger partial charge in [0.05, 0.1) is 25.3 Å². The second-order valence-electron chi connectivity index (χ2n) is 9.87. The zero-order valence-corrected chi connectivity index (χ0v) is 22.9. The van der Waals surface area contributed by atoms with Crippen LogP contribution in [0, 0.1) is 6.92 Å². The lowest BCUT2D eigenvalue weighted by Gasteiger charge is -2.25. The van der Waals surface area contributed by atoms with Crippen molar-refractivity contribution in [2.24, 2.45) is 0 Å². The van der Waals surface area contributed by atoms with Crippen molar-refractivity contribution in [3.63, 3.8) is 0 Å². The number of ether oxygens (including phenoxy) is 2. The molecule has 210 valence electrons. The van der Waals surface area contributed by atoms with Crippen LogP contribution in [0.25, 0.3) is 5.76 Å². The molecule has 5 rings (SSSR count). The van der Waals surface area contributed by atoms with E-state index in [9.17, 15) is 19.8 Å².